The third-order valence-corrected chi connectivity index (χ3v) is 0. The Morgan fingerprint density at radius 2 is 1.00 bits per heavy atom. The van der Waals surface area contributed by atoms with Crippen LogP contribution in [0.5, 0.6) is 0 Å². The maximum absolute atomic E-state index is 8.35. The van der Waals surface area contributed by atoms with Gasteiger partial charge in [0.05, 0.1) is 0 Å². The average molecular weight is 136 g/mol. The monoisotopic (exact) mass is 135 g/mol. The minimum absolute atomic E-state index is 0. The van der Waals surface area contributed by atoms with Gasteiger partial charge in [-0.1, -0.05) is 0 Å². The molecule has 0 aliphatic rings. The summed E-state index contributed by atoms with van der Waals surface area (Å²) in [7, 11) is -1.08. The zero-order chi connectivity index (χ0) is 2.71. The van der Waals surface area contributed by atoms with Gasteiger partial charge in [0.15, 0.2) is 0 Å². The van der Waals surface area contributed by atoms with Crippen molar-refractivity contribution in [3.8, 4) is 0 Å². The molecule has 0 aromatic heterocycles. The number of halogens is 2. The summed E-state index contributed by atoms with van der Waals surface area (Å²) in [5, 5.41) is 0. The van der Waals surface area contributed by atoms with Crippen LogP contribution in [-0.4, -0.2) is 0 Å². The molecule has 0 N–H and O–H groups in total. The Hall–Kier alpha value is 0.610. The van der Waals surface area contributed by atoms with Crippen LogP contribution < -0.4 is 0 Å². The second-order valence-electron chi connectivity index (χ2n) is 0.0745. The van der Waals surface area contributed by atoms with Crippen LogP contribution in [0.4, 0.5) is 0 Å². The Balaban J connectivity index is -0.0000000200. The number of rotatable bonds is 0. The first-order valence-corrected chi connectivity index (χ1v) is 1.10. The Morgan fingerprint density at radius 1 is 1.00 bits per heavy atom. The molecule has 33 valence electrons. The fourth-order valence-corrected chi connectivity index (χ4v) is 0. The van der Waals surface area contributed by atoms with E-state index in [1.807, 2.05) is 0 Å². The predicted molar refractivity (Wildman–Crippen MR) is 22.8 cm³/mol. The standard InChI is InChI=1S/2ClH.O2P/c;;1-3-2/h2*1H;. The summed E-state index contributed by atoms with van der Waals surface area (Å²) in [4.78, 5) is 0. The molecular formula is H2Cl2O2P. The molecular weight excluding hydrogens is 134 g/mol. The normalized spacial score (nSPS) is 1.60. The van der Waals surface area contributed by atoms with Gasteiger partial charge in [0.1, 0.15) is 0 Å². The minimum atomic E-state index is -1.08. The topological polar surface area (TPSA) is 34.1 Å². The zero-order valence-corrected chi connectivity index (χ0v) is 4.61. The van der Waals surface area contributed by atoms with Gasteiger partial charge in [0.25, 0.3) is 0 Å². The first-order chi connectivity index (χ1) is 1.41. The van der Waals surface area contributed by atoms with E-state index in [4.69, 9.17) is 9.13 Å². The molecule has 0 aliphatic carbocycles. The molecule has 1 radical (unpaired) electrons. The molecule has 5 heavy (non-hydrogen) atoms. The molecule has 0 rings (SSSR count). The third kappa shape index (κ3) is 84.4. The Morgan fingerprint density at radius 3 is 1.00 bits per heavy atom. The van der Waals surface area contributed by atoms with Crippen LogP contribution in [0.2, 0.25) is 0 Å². The Kier molecular flexibility index (Phi) is 81.1. The van der Waals surface area contributed by atoms with E-state index in [1.165, 1.54) is 0 Å². The summed E-state index contributed by atoms with van der Waals surface area (Å²) in [5.41, 5.74) is 0. The predicted octanol–water partition coefficient (Wildman–Crippen LogP) is 1.47. The van der Waals surface area contributed by atoms with Gasteiger partial charge in [-0.25, -0.2) is 0 Å². The van der Waals surface area contributed by atoms with Gasteiger partial charge in [0, 0.05) is 0 Å². The van der Waals surface area contributed by atoms with E-state index < -0.39 is 8.34 Å². The van der Waals surface area contributed by atoms with Crippen LogP contribution >= 0.6 is 33.2 Å². The van der Waals surface area contributed by atoms with Crippen molar-refractivity contribution in [2.45, 2.75) is 0 Å². The van der Waals surface area contributed by atoms with E-state index in [0.29, 0.717) is 0 Å². The van der Waals surface area contributed by atoms with Gasteiger partial charge < -0.3 is 0 Å². The zero-order valence-electron chi connectivity index (χ0n) is 2.08. The van der Waals surface area contributed by atoms with Crippen molar-refractivity contribution in [2.24, 2.45) is 0 Å². The number of hydrogen-bond acceptors (Lipinski definition) is 2. The summed E-state index contributed by atoms with van der Waals surface area (Å²) in [6.45, 7) is 0. The molecule has 0 amide bonds. The fourth-order valence-electron chi connectivity index (χ4n) is 0. The molecule has 0 unspecified atom stereocenters. The molecule has 0 fully saturated rings. The molecule has 2 nitrogen and oxygen atoms in total. The van der Waals surface area contributed by atoms with Gasteiger partial charge in [-0.3, -0.25) is 0 Å². The SMILES string of the molecule is Cl.Cl.O=[P]=O. The van der Waals surface area contributed by atoms with Crippen molar-refractivity contribution in [1.29, 1.82) is 0 Å². The Labute approximate surface area is 43.0 Å². The first kappa shape index (κ1) is 17.5. The van der Waals surface area contributed by atoms with Gasteiger partial charge in [-0.05, 0) is 0 Å². The van der Waals surface area contributed by atoms with E-state index >= 15 is 0 Å². The summed E-state index contributed by atoms with van der Waals surface area (Å²) < 4.78 is 16.7. The molecule has 0 heterocycles. The molecule has 0 bridgehead atoms. The molecule has 0 spiro atoms. The quantitative estimate of drug-likeness (QED) is 0.472. The van der Waals surface area contributed by atoms with Crippen molar-refractivity contribution in [1.82, 2.24) is 0 Å². The third-order valence-electron chi connectivity index (χ3n) is 0. The van der Waals surface area contributed by atoms with Gasteiger partial charge in [-0.15, -0.1) is 24.8 Å². The van der Waals surface area contributed by atoms with Crippen molar-refractivity contribution >= 4 is 33.2 Å². The summed E-state index contributed by atoms with van der Waals surface area (Å²) in [6, 6.07) is 0. The maximum atomic E-state index is 8.35. The van der Waals surface area contributed by atoms with Crippen LogP contribution in [0.15, 0.2) is 0 Å². The molecule has 0 saturated heterocycles. The van der Waals surface area contributed by atoms with Crippen LogP contribution in [0.3, 0.4) is 0 Å². The molecule has 0 aliphatic heterocycles. The fraction of sp³-hybridized carbons (Fsp3) is 0. The van der Waals surface area contributed by atoms with E-state index in [1.54, 1.807) is 0 Å². The second-order valence-corrected chi connectivity index (χ2v) is 0.224. The van der Waals surface area contributed by atoms with Crippen LogP contribution in [0.25, 0.3) is 0 Å². The molecule has 0 aromatic rings. The number of hydrogen-bond donors (Lipinski definition) is 0. The van der Waals surface area contributed by atoms with Crippen LogP contribution in [0.1, 0.15) is 0 Å². The molecule has 0 saturated carbocycles. The first-order valence-electron chi connectivity index (χ1n) is 0.365. The summed E-state index contributed by atoms with van der Waals surface area (Å²) in [5.74, 6) is 0. The molecule has 0 aromatic carbocycles. The van der Waals surface area contributed by atoms with Gasteiger partial charge in [-0.2, -0.15) is 0 Å². The summed E-state index contributed by atoms with van der Waals surface area (Å²) >= 11 is 0. The van der Waals surface area contributed by atoms with E-state index in [-0.39, 0.29) is 24.8 Å². The Bertz CT molecular complexity index is 28.6. The van der Waals surface area contributed by atoms with E-state index in [0.717, 1.165) is 0 Å². The second kappa shape index (κ2) is 23.2. The molecule has 5 heteroatoms. The van der Waals surface area contributed by atoms with E-state index in [2.05, 4.69) is 0 Å². The van der Waals surface area contributed by atoms with Gasteiger partial charge >= 0.3 is 17.5 Å². The van der Waals surface area contributed by atoms with Crippen molar-refractivity contribution in [2.75, 3.05) is 0 Å². The van der Waals surface area contributed by atoms with Crippen LogP contribution in [0, 0.1) is 0 Å². The average Bonchev–Trinajstić information content (AvgIpc) is 0.918. The van der Waals surface area contributed by atoms with Crippen molar-refractivity contribution in [3.63, 3.8) is 0 Å². The molecule has 0 atom stereocenters. The van der Waals surface area contributed by atoms with Crippen molar-refractivity contribution < 1.29 is 9.13 Å². The van der Waals surface area contributed by atoms with E-state index in [9.17, 15) is 0 Å². The van der Waals surface area contributed by atoms with Crippen molar-refractivity contribution in [3.05, 3.63) is 0 Å². The summed E-state index contributed by atoms with van der Waals surface area (Å²) in [6.07, 6.45) is 0. The van der Waals surface area contributed by atoms with Crippen LogP contribution in [-0.2, 0) is 9.13 Å². The van der Waals surface area contributed by atoms with Gasteiger partial charge in [0.2, 0.25) is 0 Å².